The number of carbonyl (C=O) groups excluding carboxylic acids is 1. The molecule has 2 aromatic rings. The third-order valence-corrected chi connectivity index (χ3v) is 6.65. The molecule has 2 aliphatic rings. The van der Waals surface area contributed by atoms with Gasteiger partial charge in [0.15, 0.2) is 10.9 Å². The molecule has 9 heteroatoms. The molecule has 36 heavy (non-hydrogen) atoms. The number of aliphatic imine (C=N–C) groups is 1. The molecular weight excluding hydrogens is 477 g/mol. The standard InChI is InChI=1S/C27H26FN5O2S/c1-18-4-3-5-19(2)26(18)33-25(34)17-36-27(33)32-31-16-20-6-8-21(9-7-20)24(29)14-15-30-22-10-12-23(35-28)13-11-22/h4,6-16H,3,5,17,29H2,1-2H3/b24-14-,30-15?,31-16+,32-27-. The summed E-state index contributed by atoms with van der Waals surface area (Å²) in [7, 11) is 0. The van der Waals surface area contributed by atoms with Crippen LogP contribution in [0.25, 0.3) is 5.70 Å². The van der Waals surface area contributed by atoms with Crippen LogP contribution >= 0.6 is 11.8 Å². The lowest BCUT2D eigenvalue weighted by molar-refractivity contribution is -0.122. The van der Waals surface area contributed by atoms with Crippen molar-refractivity contribution in [1.29, 1.82) is 0 Å². The van der Waals surface area contributed by atoms with Gasteiger partial charge in [0.1, 0.15) is 0 Å². The van der Waals surface area contributed by atoms with Gasteiger partial charge >= 0.3 is 0 Å². The van der Waals surface area contributed by atoms with Crippen molar-refractivity contribution in [3.63, 3.8) is 0 Å². The molecule has 1 saturated heterocycles. The van der Waals surface area contributed by atoms with Gasteiger partial charge in [-0.2, -0.15) is 5.10 Å². The van der Waals surface area contributed by atoms with E-state index >= 15 is 0 Å². The maximum atomic E-state index is 12.6. The molecule has 0 saturated carbocycles. The van der Waals surface area contributed by atoms with Crippen molar-refractivity contribution in [2.24, 2.45) is 20.9 Å². The van der Waals surface area contributed by atoms with Crippen LogP contribution in [0.3, 0.4) is 0 Å². The zero-order valence-electron chi connectivity index (χ0n) is 20.0. The summed E-state index contributed by atoms with van der Waals surface area (Å²) in [5.74, 6) is 0.508. The highest BCUT2D eigenvalue weighted by molar-refractivity contribution is 8.15. The second-order valence-corrected chi connectivity index (χ2v) is 9.24. The number of hydrogen-bond donors (Lipinski definition) is 1. The number of allylic oxidation sites excluding steroid dienone is 4. The van der Waals surface area contributed by atoms with E-state index in [0.717, 1.165) is 35.2 Å². The van der Waals surface area contributed by atoms with Crippen LogP contribution in [0.5, 0.6) is 5.75 Å². The quantitative estimate of drug-likeness (QED) is 0.374. The Morgan fingerprint density at radius 1 is 1.14 bits per heavy atom. The number of rotatable bonds is 7. The fraction of sp³-hybridized carbons (Fsp3) is 0.185. The first kappa shape index (κ1) is 25.1. The van der Waals surface area contributed by atoms with Gasteiger partial charge in [-0.1, -0.05) is 42.1 Å². The Morgan fingerprint density at radius 3 is 2.58 bits per heavy atom. The lowest BCUT2D eigenvalue weighted by Gasteiger charge is -2.25. The number of thioether (sulfide) groups is 1. The van der Waals surface area contributed by atoms with Crippen LogP contribution in [-0.2, 0) is 4.79 Å². The smallest absolute Gasteiger partial charge is 0.243 e. The van der Waals surface area contributed by atoms with Crippen molar-refractivity contribution in [1.82, 2.24) is 4.90 Å². The molecule has 1 amide bonds. The van der Waals surface area contributed by atoms with Gasteiger partial charge in [0.05, 0.1) is 23.4 Å². The molecular formula is C27H26FN5O2S. The summed E-state index contributed by atoms with van der Waals surface area (Å²) in [4.78, 5) is 22.2. The summed E-state index contributed by atoms with van der Waals surface area (Å²) in [6.45, 7) is 4.10. The SMILES string of the molecule is CC1=CCCC(C)=C1N1C(=O)CS/C1=N\N=C\c1ccc(/C(N)=C/C=Nc2ccc(OF)cc2)cc1. The summed E-state index contributed by atoms with van der Waals surface area (Å²) in [6.07, 6.45) is 9.02. The molecule has 1 aliphatic carbocycles. The van der Waals surface area contributed by atoms with Gasteiger partial charge in [0.25, 0.3) is 0 Å². The molecule has 4 rings (SSSR count). The monoisotopic (exact) mass is 503 g/mol. The molecule has 1 fully saturated rings. The van der Waals surface area contributed by atoms with E-state index in [4.69, 9.17) is 5.73 Å². The van der Waals surface area contributed by atoms with Crippen LogP contribution in [0.4, 0.5) is 10.2 Å². The van der Waals surface area contributed by atoms with Crippen molar-refractivity contribution in [3.8, 4) is 5.75 Å². The van der Waals surface area contributed by atoms with E-state index in [9.17, 15) is 9.32 Å². The van der Waals surface area contributed by atoms with E-state index in [1.54, 1.807) is 35.5 Å². The van der Waals surface area contributed by atoms with Gasteiger partial charge in [-0.25, -0.2) is 0 Å². The van der Waals surface area contributed by atoms with Crippen molar-refractivity contribution in [2.45, 2.75) is 26.7 Å². The van der Waals surface area contributed by atoms with Gasteiger partial charge < -0.3 is 5.73 Å². The molecule has 0 spiro atoms. The number of hydrogen-bond acceptors (Lipinski definition) is 7. The number of halogens is 1. The first-order valence-electron chi connectivity index (χ1n) is 11.4. The Balaban J connectivity index is 1.41. The van der Waals surface area contributed by atoms with E-state index < -0.39 is 0 Å². The van der Waals surface area contributed by atoms with Crippen molar-refractivity contribution >= 4 is 46.7 Å². The van der Waals surface area contributed by atoms with Gasteiger partial charge in [0, 0.05) is 16.4 Å². The third-order valence-electron chi connectivity index (χ3n) is 5.73. The molecule has 0 aromatic heterocycles. The van der Waals surface area contributed by atoms with Crippen LogP contribution < -0.4 is 10.7 Å². The minimum Gasteiger partial charge on any atom is -0.398 e. The lowest BCUT2D eigenvalue weighted by atomic mass is 9.97. The van der Waals surface area contributed by atoms with Gasteiger partial charge in [-0.3, -0.25) is 19.6 Å². The molecule has 0 bridgehead atoms. The van der Waals surface area contributed by atoms with Crippen molar-refractivity contribution < 1.29 is 14.3 Å². The van der Waals surface area contributed by atoms with Gasteiger partial charge in [0.2, 0.25) is 5.91 Å². The largest absolute Gasteiger partial charge is 0.398 e. The zero-order valence-corrected chi connectivity index (χ0v) is 20.8. The predicted octanol–water partition coefficient (Wildman–Crippen LogP) is 5.93. The Morgan fingerprint density at radius 2 is 1.89 bits per heavy atom. The highest BCUT2D eigenvalue weighted by Crippen LogP contribution is 2.33. The minimum atomic E-state index is 0.0268. The molecule has 7 nitrogen and oxygen atoms in total. The lowest BCUT2D eigenvalue weighted by Crippen LogP contribution is -2.31. The Kier molecular flexibility index (Phi) is 8.12. The van der Waals surface area contributed by atoms with E-state index in [-0.39, 0.29) is 11.7 Å². The number of amides is 1. The van der Waals surface area contributed by atoms with Gasteiger partial charge in [-0.15, -0.1) is 5.10 Å². The second-order valence-electron chi connectivity index (χ2n) is 8.29. The Bertz CT molecular complexity index is 1310. The molecule has 0 atom stereocenters. The number of amidine groups is 1. The summed E-state index contributed by atoms with van der Waals surface area (Å²) < 4.78 is 12.1. The van der Waals surface area contributed by atoms with Crippen molar-refractivity contribution in [2.75, 3.05) is 5.75 Å². The first-order valence-corrected chi connectivity index (χ1v) is 12.4. The molecule has 0 unspecified atom stereocenters. The highest BCUT2D eigenvalue weighted by Gasteiger charge is 2.33. The number of benzene rings is 2. The molecule has 0 radical (unpaired) electrons. The average Bonchev–Trinajstić information content (AvgIpc) is 3.24. The Labute approximate surface area is 213 Å². The topological polar surface area (TPSA) is 92.6 Å². The first-order chi connectivity index (χ1) is 17.5. The van der Waals surface area contributed by atoms with Crippen LogP contribution in [0.2, 0.25) is 0 Å². The summed E-state index contributed by atoms with van der Waals surface area (Å²) in [5.41, 5.74) is 12.3. The fourth-order valence-corrected chi connectivity index (χ4v) is 4.68. The predicted molar refractivity (Wildman–Crippen MR) is 145 cm³/mol. The van der Waals surface area contributed by atoms with Gasteiger partial charge in [-0.05, 0) is 79.3 Å². The second kappa shape index (κ2) is 11.6. The zero-order chi connectivity index (χ0) is 25.5. The summed E-state index contributed by atoms with van der Waals surface area (Å²) >= 11 is 1.40. The number of nitrogens with two attached hydrogens (primary N) is 1. The molecule has 184 valence electrons. The minimum absolute atomic E-state index is 0.0268. The molecule has 1 heterocycles. The maximum Gasteiger partial charge on any atom is 0.243 e. The number of nitrogens with zero attached hydrogens (tertiary/aromatic N) is 4. The van der Waals surface area contributed by atoms with E-state index in [2.05, 4.69) is 33.1 Å². The average molecular weight is 504 g/mol. The van der Waals surface area contributed by atoms with Crippen LogP contribution in [0, 0.1) is 0 Å². The van der Waals surface area contributed by atoms with E-state index in [1.165, 1.54) is 29.5 Å². The van der Waals surface area contributed by atoms with Crippen LogP contribution in [0.1, 0.15) is 37.8 Å². The molecule has 2 N–H and O–H groups in total. The summed E-state index contributed by atoms with van der Waals surface area (Å²) in [6, 6.07) is 13.8. The van der Waals surface area contributed by atoms with E-state index in [0.29, 0.717) is 22.3 Å². The Hall–Kier alpha value is -3.98. The van der Waals surface area contributed by atoms with E-state index in [1.807, 2.05) is 31.2 Å². The highest BCUT2D eigenvalue weighted by atomic mass is 32.2. The molecule has 2 aromatic carbocycles. The molecule has 1 aliphatic heterocycles. The fourth-order valence-electron chi connectivity index (χ4n) is 3.87. The summed E-state index contributed by atoms with van der Waals surface area (Å²) in [5, 5.41) is 9.17. The normalized spacial score (nSPS) is 18.1. The van der Waals surface area contributed by atoms with Crippen LogP contribution in [-0.4, -0.2) is 34.2 Å². The third kappa shape index (κ3) is 5.98. The maximum absolute atomic E-state index is 12.6. The van der Waals surface area contributed by atoms with Crippen LogP contribution in [0.15, 0.2) is 92.7 Å². The number of carbonyl (C=O) groups is 1. The van der Waals surface area contributed by atoms with Crippen molar-refractivity contribution in [3.05, 3.63) is 88.7 Å².